The number of hydrogen-bond acceptors (Lipinski definition) is 3. The fourth-order valence-corrected chi connectivity index (χ4v) is 3.63. The lowest BCUT2D eigenvalue weighted by Crippen LogP contribution is -2.29. The van der Waals surface area contributed by atoms with Crippen molar-refractivity contribution in [1.29, 1.82) is 0 Å². The second-order valence-corrected chi connectivity index (χ2v) is 6.84. The standard InChI is InChI=1S/C23H25N3/c1-3-10-19(11-4-1)23(22-14-5-6-15-24-22)25-20-12-9-13-21(18-20)26-16-7-2-8-17-26/h1,3-6,9-15,18,23,25H,2,7-8,16-17H2/t23-/m0/s1. The van der Waals surface area contributed by atoms with E-state index in [1.54, 1.807) is 0 Å². The van der Waals surface area contributed by atoms with Gasteiger partial charge in [-0.3, -0.25) is 4.98 Å². The third-order valence-electron chi connectivity index (χ3n) is 4.99. The van der Waals surface area contributed by atoms with Crippen molar-refractivity contribution < 1.29 is 0 Å². The Hall–Kier alpha value is -2.81. The first-order valence-corrected chi connectivity index (χ1v) is 9.47. The van der Waals surface area contributed by atoms with Gasteiger partial charge in [0.1, 0.15) is 0 Å². The second-order valence-electron chi connectivity index (χ2n) is 6.84. The molecule has 3 aromatic rings. The molecular formula is C23H25N3. The van der Waals surface area contributed by atoms with Crippen molar-refractivity contribution in [1.82, 2.24) is 4.98 Å². The third kappa shape index (κ3) is 3.88. The Kier molecular flexibility index (Phi) is 5.15. The van der Waals surface area contributed by atoms with E-state index in [2.05, 4.69) is 75.9 Å². The van der Waals surface area contributed by atoms with Gasteiger partial charge < -0.3 is 10.2 Å². The molecule has 0 radical (unpaired) electrons. The molecule has 132 valence electrons. The summed E-state index contributed by atoms with van der Waals surface area (Å²) in [6.45, 7) is 2.32. The van der Waals surface area contributed by atoms with Crippen molar-refractivity contribution >= 4 is 11.4 Å². The first-order chi connectivity index (χ1) is 12.9. The third-order valence-corrected chi connectivity index (χ3v) is 4.99. The van der Waals surface area contributed by atoms with Crippen molar-refractivity contribution in [2.45, 2.75) is 25.3 Å². The molecule has 2 heterocycles. The van der Waals surface area contributed by atoms with Crippen LogP contribution in [0.5, 0.6) is 0 Å². The molecule has 0 saturated carbocycles. The first-order valence-electron chi connectivity index (χ1n) is 9.47. The van der Waals surface area contributed by atoms with Crippen LogP contribution in [0.4, 0.5) is 11.4 Å². The average Bonchev–Trinajstić information content (AvgIpc) is 2.74. The van der Waals surface area contributed by atoms with E-state index in [4.69, 9.17) is 0 Å². The number of benzene rings is 2. The zero-order valence-corrected chi connectivity index (χ0v) is 15.0. The molecule has 1 saturated heterocycles. The highest BCUT2D eigenvalue weighted by atomic mass is 15.1. The Morgan fingerprint density at radius 2 is 1.62 bits per heavy atom. The van der Waals surface area contributed by atoms with Gasteiger partial charge in [-0.1, -0.05) is 42.5 Å². The molecule has 1 aliphatic heterocycles. The molecule has 0 spiro atoms. The number of aromatic nitrogens is 1. The molecule has 1 atom stereocenters. The number of hydrogen-bond donors (Lipinski definition) is 1. The highest BCUT2D eigenvalue weighted by molar-refractivity contribution is 5.59. The quantitative estimate of drug-likeness (QED) is 0.684. The monoisotopic (exact) mass is 343 g/mol. The molecule has 4 rings (SSSR count). The van der Waals surface area contributed by atoms with Crippen LogP contribution in [-0.2, 0) is 0 Å². The molecule has 0 unspecified atom stereocenters. The summed E-state index contributed by atoms with van der Waals surface area (Å²) < 4.78 is 0. The summed E-state index contributed by atoms with van der Waals surface area (Å²) >= 11 is 0. The first kappa shape index (κ1) is 16.6. The number of pyridine rings is 1. The van der Waals surface area contributed by atoms with Gasteiger partial charge in [0, 0.05) is 30.7 Å². The molecule has 1 fully saturated rings. The van der Waals surface area contributed by atoms with E-state index in [1.807, 2.05) is 18.3 Å². The summed E-state index contributed by atoms with van der Waals surface area (Å²) in [6.07, 6.45) is 5.79. The number of rotatable bonds is 5. The van der Waals surface area contributed by atoms with Crippen molar-refractivity contribution in [3.05, 3.63) is 90.3 Å². The minimum Gasteiger partial charge on any atom is -0.373 e. The van der Waals surface area contributed by atoms with Gasteiger partial charge in [0.25, 0.3) is 0 Å². The lowest BCUT2D eigenvalue weighted by atomic mass is 10.0. The highest BCUT2D eigenvalue weighted by Crippen LogP contribution is 2.28. The van der Waals surface area contributed by atoms with Gasteiger partial charge in [0.05, 0.1) is 11.7 Å². The maximum absolute atomic E-state index is 4.59. The Morgan fingerprint density at radius 3 is 2.38 bits per heavy atom. The van der Waals surface area contributed by atoms with Crippen LogP contribution in [0.15, 0.2) is 79.0 Å². The Balaban J connectivity index is 1.62. The van der Waals surface area contributed by atoms with E-state index in [-0.39, 0.29) is 6.04 Å². The highest BCUT2D eigenvalue weighted by Gasteiger charge is 2.16. The maximum atomic E-state index is 4.59. The molecule has 1 aromatic heterocycles. The predicted octanol–water partition coefficient (Wildman–Crippen LogP) is 5.27. The zero-order chi connectivity index (χ0) is 17.6. The predicted molar refractivity (Wildman–Crippen MR) is 109 cm³/mol. The normalized spacial score (nSPS) is 15.5. The summed E-state index contributed by atoms with van der Waals surface area (Å²) in [5.74, 6) is 0. The van der Waals surface area contributed by atoms with Gasteiger partial charge in [-0.15, -0.1) is 0 Å². The van der Waals surface area contributed by atoms with Crippen LogP contribution in [0.3, 0.4) is 0 Å². The molecule has 0 aliphatic carbocycles. The fourth-order valence-electron chi connectivity index (χ4n) is 3.63. The van der Waals surface area contributed by atoms with Gasteiger partial charge in [0.15, 0.2) is 0 Å². The maximum Gasteiger partial charge on any atom is 0.0940 e. The van der Waals surface area contributed by atoms with Gasteiger partial charge in [-0.25, -0.2) is 0 Å². The van der Waals surface area contributed by atoms with E-state index >= 15 is 0 Å². The molecule has 26 heavy (non-hydrogen) atoms. The van der Waals surface area contributed by atoms with Crippen molar-refractivity contribution in [2.75, 3.05) is 23.3 Å². The van der Waals surface area contributed by atoms with Gasteiger partial charge >= 0.3 is 0 Å². The topological polar surface area (TPSA) is 28.2 Å². The van der Waals surface area contributed by atoms with E-state index < -0.39 is 0 Å². The van der Waals surface area contributed by atoms with Gasteiger partial charge in [-0.2, -0.15) is 0 Å². The van der Waals surface area contributed by atoms with Crippen molar-refractivity contribution in [3.8, 4) is 0 Å². The van der Waals surface area contributed by atoms with Crippen molar-refractivity contribution in [3.63, 3.8) is 0 Å². The SMILES string of the molecule is c1ccc([C@H](Nc2cccc(N3CCCCC3)c2)c2ccccn2)cc1. The molecule has 3 nitrogen and oxygen atoms in total. The molecule has 1 aliphatic rings. The zero-order valence-electron chi connectivity index (χ0n) is 15.0. The Bertz CT molecular complexity index is 772. The Morgan fingerprint density at radius 1 is 0.808 bits per heavy atom. The van der Waals surface area contributed by atoms with Crippen LogP contribution in [0, 0.1) is 0 Å². The number of nitrogens with one attached hydrogen (secondary N) is 1. The van der Waals surface area contributed by atoms with E-state index in [1.165, 1.54) is 30.5 Å². The van der Waals surface area contributed by atoms with Crippen LogP contribution < -0.4 is 10.2 Å². The number of nitrogens with zero attached hydrogens (tertiary/aromatic N) is 2. The summed E-state index contributed by atoms with van der Waals surface area (Å²) in [4.78, 5) is 7.08. The summed E-state index contributed by atoms with van der Waals surface area (Å²) in [6, 6.07) is 25.4. The van der Waals surface area contributed by atoms with Gasteiger partial charge in [-0.05, 0) is 55.2 Å². The number of piperidine rings is 1. The lowest BCUT2D eigenvalue weighted by Gasteiger charge is -2.29. The smallest absolute Gasteiger partial charge is 0.0940 e. The molecule has 0 amide bonds. The molecule has 3 heteroatoms. The van der Waals surface area contributed by atoms with E-state index in [0.717, 1.165) is 24.5 Å². The van der Waals surface area contributed by atoms with Crippen molar-refractivity contribution in [2.24, 2.45) is 0 Å². The van der Waals surface area contributed by atoms with E-state index in [0.29, 0.717) is 0 Å². The van der Waals surface area contributed by atoms with Crippen LogP contribution in [0.2, 0.25) is 0 Å². The average molecular weight is 343 g/mol. The van der Waals surface area contributed by atoms with E-state index in [9.17, 15) is 0 Å². The van der Waals surface area contributed by atoms with Crippen LogP contribution in [0.1, 0.15) is 36.6 Å². The summed E-state index contributed by atoms with van der Waals surface area (Å²) in [7, 11) is 0. The minimum absolute atomic E-state index is 0.0361. The van der Waals surface area contributed by atoms with Gasteiger partial charge in [0.2, 0.25) is 0 Å². The van der Waals surface area contributed by atoms with Crippen LogP contribution >= 0.6 is 0 Å². The molecule has 2 aromatic carbocycles. The molecule has 1 N–H and O–H groups in total. The summed E-state index contributed by atoms with van der Waals surface area (Å²) in [5, 5.41) is 3.70. The minimum atomic E-state index is 0.0361. The molecule has 0 bridgehead atoms. The fraction of sp³-hybridized carbons (Fsp3) is 0.261. The number of anilines is 2. The van der Waals surface area contributed by atoms with Crippen LogP contribution in [0.25, 0.3) is 0 Å². The largest absolute Gasteiger partial charge is 0.373 e. The Labute approximate surface area is 155 Å². The second kappa shape index (κ2) is 8.05. The van der Waals surface area contributed by atoms with Crippen LogP contribution in [-0.4, -0.2) is 18.1 Å². The molecular weight excluding hydrogens is 318 g/mol. The summed E-state index contributed by atoms with van der Waals surface area (Å²) in [5.41, 5.74) is 4.69. The lowest BCUT2D eigenvalue weighted by molar-refractivity contribution is 0.578.